The first-order chi connectivity index (χ1) is 13.2. The zero-order chi connectivity index (χ0) is 19.3. The van der Waals surface area contributed by atoms with Crippen LogP contribution >= 0.6 is 0 Å². The first-order valence-corrected chi connectivity index (χ1v) is 11.3. The molecule has 2 heterocycles. The van der Waals surface area contributed by atoms with Crippen molar-refractivity contribution in [1.82, 2.24) is 0 Å². The summed E-state index contributed by atoms with van der Waals surface area (Å²) in [4.78, 5) is 10.5. The maximum atomic E-state index is 10.5. The molecule has 2 bridgehead atoms. The summed E-state index contributed by atoms with van der Waals surface area (Å²) < 4.78 is 12.0. The molecule has 4 nitrogen and oxygen atoms in total. The van der Waals surface area contributed by atoms with Gasteiger partial charge in [-0.15, -0.1) is 0 Å². The minimum absolute atomic E-state index is 0.269. The Labute approximate surface area is 165 Å². The van der Waals surface area contributed by atoms with Crippen LogP contribution < -0.4 is 0 Å². The minimum Gasteiger partial charge on any atom is -0.481 e. The lowest BCUT2D eigenvalue weighted by Crippen LogP contribution is -2.26. The van der Waals surface area contributed by atoms with Gasteiger partial charge in [-0.05, 0) is 63.2 Å². The van der Waals surface area contributed by atoms with E-state index in [0.29, 0.717) is 24.0 Å². The number of allylic oxidation sites excluding steroid dienone is 2. The van der Waals surface area contributed by atoms with Gasteiger partial charge >= 0.3 is 5.97 Å². The number of carboxylic acid groups (broad SMARTS) is 1. The predicted octanol–water partition coefficient (Wildman–Crippen LogP) is 5.75. The molecule has 0 unspecified atom stereocenters. The van der Waals surface area contributed by atoms with Gasteiger partial charge in [-0.25, -0.2) is 0 Å². The Morgan fingerprint density at radius 2 is 1.74 bits per heavy atom. The van der Waals surface area contributed by atoms with Crippen molar-refractivity contribution in [3.05, 3.63) is 12.2 Å². The molecule has 2 saturated heterocycles. The Morgan fingerprint density at radius 1 is 1.00 bits per heavy atom. The second-order valence-electron chi connectivity index (χ2n) is 8.28. The number of rotatable bonds is 16. The Bertz CT molecular complexity index is 434. The normalized spacial score (nSPS) is 27.0. The molecular weight excluding hydrogens is 340 g/mol. The van der Waals surface area contributed by atoms with Crippen LogP contribution in [0.1, 0.15) is 90.4 Å². The summed E-state index contributed by atoms with van der Waals surface area (Å²) >= 11 is 0. The summed E-state index contributed by atoms with van der Waals surface area (Å²) in [6.07, 6.45) is 19.6. The van der Waals surface area contributed by atoms with Crippen molar-refractivity contribution in [2.45, 2.75) is 103 Å². The van der Waals surface area contributed by atoms with Crippen molar-refractivity contribution in [1.29, 1.82) is 0 Å². The van der Waals surface area contributed by atoms with Crippen molar-refractivity contribution in [3.8, 4) is 0 Å². The number of fused-ring (bicyclic) bond motifs is 2. The number of unbranched alkanes of at least 4 members (excludes halogenated alkanes) is 5. The lowest BCUT2D eigenvalue weighted by atomic mass is 9.75. The summed E-state index contributed by atoms with van der Waals surface area (Å²) in [6, 6.07) is 0. The first kappa shape index (κ1) is 22.4. The van der Waals surface area contributed by atoms with Crippen LogP contribution in [0, 0.1) is 11.8 Å². The highest BCUT2D eigenvalue weighted by Crippen LogP contribution is 2.47. The zero-order valence-electron chi connectivity index (χ0n) is 17.2. The molecular formula is C23H40O4. The van der Waals surface area contributed by atoms with Gasteiger partial charge in [-0.2, -0.15) is 0 Å². The van der Waals surface area contributed by atoms with E-state index in [2.05, 4.69) is 19.1 Å². The van der Waals surface area contributed by atoms with E-state index in [4.69, 9.17) is 14.6 Å². The lowest BCUT2D eigenvalue weighted by Gasteiger charge is -2.27. The molecule has 0 aromatic heterocycles. The van der Waals surface area contributed by atoms with E-state index in [-0.39, 0.29) is 6.42 Å². The first-order valence-electron chi connectivity index (χ1n) is 11.3. The van der Waals surface area contributed by atoms with E-state index in [9.17, 15) is 4.79 Å². The summed E-state index contributed by atoms with van der Waals surface area (Å²) in [5.41, 5.74) is 0. The smallest absolute Gasteiger partial charge is 0.303 e. The quantitative estimate of drug-likeness (QED) is 0.274. The average molecular weight is 381 g/mol. The van der Waals surface area contributed by atoms with Crippen molar-refractivity contribution in [3.63, 3.8) is 0 Å². The summed E-state index contributed by atoms with van der Waals surface area (Å²) in [5.74, 6) is 0.668. The second kappa shape index (κ2) is 13.3. The number of carbonyl (C=O) groups is 1. The fourth-order valence-corrected chi connectivity index (χ4v) is 4.66. The fourth-order valence-electron chi connectivity index (χ4n) is 4.66. The van der Waals surface area contributed by atoms with Crippen LogP contribution in [0.2, 0.25) is 0 Å². The Hall–Kier alpha value is -0.870. The molecule has 0 aromatic carbocycles. The van der Waals surface area contributed by atoms with E-state index in [0.717, 1.165) is 32.5 Å². The van der Waals surface area contributed by atoms with Crippen molar-refractivity contribution >= 4 is 5.97 Å². The zero-order valence-corrected chi connectivity index (χ0v) is 17.2. The van der Waals surface area contributed by atoms with Crippen LogP contribution in [0.5, 0.6) is 0 Å². The number of aliphatic carboxylic acids is 1. The van der Waals surface area contributed by atoms with Crippen LogP contribution in [0.3, 0.4) is 0 Å². The number of carboxylic acids is 1. The highest BCUT2D eigenvalue weighted by Gasteiger charge is 2.47. The fraction of sp³-hybridized carbons (Fsp3) is 0.870. The van der Waals surface area contributed by atoms with Crippen LogP contribution in [-0.4, -0.2) is 36.5 Å². The molecule has 2 aliphatic rings. The van der Waals surface area contributed by atoms with Gasteiger partial charge in [0.05, 0.1) is 12.2 Å². The maximum absolute atomic E-state index is 10.5. The van der Waals surface area contributed by atoms with Gasteiger partial charge in [0.1, 0.15) is 0 Å². The highest BCUT2D eigenvalue weighted by atomic mass is 16.5. The lowest BCUT2D eigenvalue weighted by molar-refractivity contribution is -0.137. The minimum atomic E-state index is -0.699. The average Bonchev–Trinajstić information content (AvgIpc) is 3.25. The molecule has 1 N–H and O–H groups in total. The van der Waals surface area contributed by atoms with Crippen LogP contribution in [-0.2, 0) is 14.3 Å². The summed E-state index contributed by atoms with van der Waals surface area (Å²) in [5, 5.41) is 8.68. The molecule has 0 spiro atoms. The number of hydrogen-bond donors (Lipinski definition) is 1. The standard InChI is InChI=1S/C23H40O4/c1-2-3-4-10-17-26-18-11-9-13-20-19(21-15-16-22(20)27-21)12-7-5-6-8-14-23(24)25/h5,7,19-22H,2-4,6,8-18H2,1H3,(H,24,25)/t19-,20+,21-,22+/m1/s1. The third-order valence-electron chi connectivity index (χ3n) is 6.15. The molecule has 4 atom stereocenters. The van der Waals surface area contributed by atoms with Gasteiger partial charge in [-0.1, -0.05) is 44.8 Å². The molecule has 4 heteroatoms. The second-order valence-corrected chi connectivity index (χ2v) is 8.28. The predicted molar refractivity (Wildman–Crippen MR) is 109 cm³/mol. The largest absolute Gasteiger partial charge is 0.481 e. The van der Waals surface area contributed by atoms with E-state index in [1.165, 1.54) is 57.8 Å². The SMILES string of the molecule is CCCCCCOCCCC[C@H]1[C@@H](CC=CCCCC(=O)O)[C@H]2CC[C@@H]1O2. The topological polar surface area (TPSA) is 55.8 Å². The summed E-state index contributed by atoms with van der Waals surface area (Å²) in [7, 11) is 0. The molecule has 2 fully saturated rings. The van der Waals surface area contributed by atoms with Gasteiger partial charge in [0.25, 0.3) is 0 Å². The van der Waals surface area contributed by atoms with Gasteiger partial charge in [0.2, 0.25) is 0 Å². The van der Waals surface area contributed by atoms with Crippen LogP contribution in [0.15, 0.2) is 12.2 Å². The number of ether oxygens (including phenoxy) is 2. The third kappa shape index (κ3) is 8.35. The van der Waals surface area contributed by atoms with E-state index >= 15 is 0 Å². The third-order valence-corrected chi connectivity index (χ3v) is 6.15. The van der Waals surface area contributed by atoms with Crippen molar-refractivity contribution in [2.75, 3.05) is 13.2 Å². The van der Waals surface area contributed by atoms with E-state index in [1.54, 1.807) is 0 Å². The van der Waals surface area contributed by atoms with Crippen LogP contribution in [0.25, 0.3) is 0 Å². The van der Waals surface area contributed by atoms with Gasteiger partial charge in [-0.3, -0.25) is 4.79 Å². The number of hydrogen-bond acceptors (Lipinski definition) is 3. The van der Waals surface area contributed by atoms with Gasteiger partial charge in [0, 0.05) is 19.6 Å². The van der Waals surface area contributed by atoms with Gasteiger partial charge in [0.15, 0.2) is 0 Å². The Balaban J connectivity index is 1.57. The monoisotopic (exact) mass is 380 g/mol. The van der Waals surface area contributed by atoms with Crippen LogP contribution in [0.4, 0.5) is 0 Å². The van der Waals surface area contributed by atoms with Gasteiger partial charge < -0.3 is 14.6 Å². The molecule has 2 aliphatic heterocycles. The molecule has 27 heavy (non-hydrogen) atoms. The van der Waals surface area contributed by atoms with Crippen molar-refractivity contribution < 1.29 is 19.4 Å². The van der Waals surface area contributed by atoms with E-state index < -0.39 is 5.97 Å². The molecule has 156 valence electrons. The Kier molecular flexibility index (Phi) is 11.1. The van der Waals surface area contributed by atoms with Crippen molar-refractivity contribution in [2.24, 2.45) is 11.8 Å². The molecule has 0 saturated carbocycles. The molecule has 0 aromatic rings. The summed E-state index contributed by atoms with van der Waals surface area (Å²) in [6.45, 7) is 4.07. The van der Waals surface area contributed by atoms with E-state index in [1.807, 2.05) is 0 Å². The highest BCUT2D eigenvalue weighted by molar-refractivity contribution is 5.66. The molecule has 0 radical (unpaired) electrons. The molecule has 0 aliphatic carbocycles. The maximum Gasteiger partial charge on any atom is 0.303 e. The Morgan fingerprint density at radius 3 is 2.48 bits per heavy atom. The molecule has 0 amide bonds. The molecule has 2 rings (SSSR count).